The molecular formula is C18H24BrNO4. The van der Waals surface area contributed by atoms with E-state index in [-0.39, 0.29) is 23.8 Å². The Bertz CT molecular complexity index is 573. The van der Waals surface area contributed by atoms with E-state index in [1.165, 1.54) is 7.11 Å². The maximum absolute atomic E-state index is 12.4. The molecule has 0 aliphatic heterocycles. The minimum atomic E-state index is -0.660. The Morgan fingerprint density at radius 1 is 1.29 bits per heavy atom. The zero-order valence-corrected chi connectivity index (χ0v) is 15.8. The molecule has 1 amide bonds. The van der Waals surface area contributed by atoms with E-state index in [1.54, 1.807) is 0 Å². The zero-order chi connectivity index (χ0) is 17.7. The van der Waals surface area contributed by atoms with Crippen LogP contribution in [0, 0.1) is 5.92 Å². The molecule has 0 saturated heterocycles. The Morgan fingerprint density at radius 2 is 1.96 bits per heavy atom. The Balaban J connectivity index is 1.88. The van der Waals surface area contributed by atoms with Gasteiger partial charge in [0.1, 0.15) is 6.04 Å². The summed E-state index contributed by atoms with van der Waals surface area (Å²) in [5.74, 6) is -0.382. The lowest BCUT2D eigenvalue weighted by Crippen LogP contribution is -2.43. The fourth-order valence-corrected chi connectivity index (χ4v) is 2.92. The second-order valence-electron chi connectivity index (χ2n) is 6.29. The number of hydrogen-bond donors (Lipinski definition) is 1. The fourth-order valence-electron chi connectivity index (χ4n) is 2.65. The van der Waals surface area contributed by atoms with Gasteiger partial charge in [0.05, 0.1) is 13.2 Å². The number of benzene rings is 1. The molecule has 1 aromatic rings. The first-order valence-corrected chi connectivity index (χ1v) is 8.97. The topological polar surface area (TPSA) is 64.6 Å². The molecule has 0 heterocycles. The monoisotopic (exact) mass is 397 g/mol. The van der Waals surface area contributed by atoms with Crippen LogP contribution in [-0.4, -0.2) is 37.7 Å². The predicted octanol–water partition coefficient (Wildman–Crippen LogP) is 3.03. The molecule has 6 heteroatoms. The van der Waals surface area contributed by atoms with Crippen LogP contribution in [-0.2, 0) is 19.1 Å². The van der Waals surface area contributed by atoms with Gasteiger partial charge in [-0.25, -0.2) is 4.79 Å². The number of carbonyl (C=O) groups is 2. The van der Waals surface area contributed by atoms with Crippen LogP contribution in [0.5, 0.6) is 0 Å². The smallest absolute Gasteiger partial charge is 0.328 e. The number of nitrogens with one attached hydrogen (secondary N) is 1. The van der Waals surface area contributed by atoms with Gasteiger partial charge < -0.3 is 14.8 Å². The van der Waals surface area contributed by atoms with Gasteiger partial charge in [-0.2, -0.15) is 0 Å². The maximum atomic E-state index is 12.4. The fraction of sp³-hybridized carbons (Fsp3) is 0.556. The van der Waals surface area contributed by atoms with Gasteiger partial charge in [-0.1, -0.05) is 28.1 Å². The molecule has 24 heavy (non-hydrogen) atoms. The lowest BCUT2D eigenvalue weighted by Gasteiger charge is -2.17. The highest BCUT2D eigenvalue weighted by atomic mass is 79.9. The quantitative estimate of drug-likeness (QED) is 0.684. The molecular weight excluding hydrogens is 374 g/mol. The Morgan fingerprint density at radius 3 is 2.54 bits per heavy atom. The van der Waals surface area contributed by atoms with Crippen molar-refractivity contribution in [2.45, 2.75) is 44.8 Å². The third kappa shape index (κ3) is 5.31. The van der Waals surface area contributed by atoms with Crippen LogP contribution >= 0.6 is 15.9 Å². The summed E-state index contributed by atoms with van der Waals surface area (Å²) in [4.78, 5) is 24.3. The minimum absolute atomic E-state index is 0.0793. The highest BCUT2D eigenvalue weighted by Crippen LogP contribution is 2.47. The first kappa shape index (κ1) is 18.9. The Kier molecular flexibility index (Phi) is 6.80. The van der Waals surface area contributed by atoms with Crippen LogP contribution in [0.4, 0.5) is 0 Å². The molecule has 1 fully saturated rings. The largest absolute Gasteiger partial charge is 0.467 e. The molecule has 1 aliphatic carbocycles. The third-order valence-electron chi connectivity index (χ3n) is 4.09. The number of ether oxygens (including phenoxy) is 2. The first-order chi connectivity index (χ1) is 11.4. The number of methoxy groups -OCH3 is 1. The zero-order valence-electron chi connectivity index (χ0n) is 14.3. The molecule has 1 N–H and O–H groups in total. The molecule has 1 aliphatic rings. The first-order valence-electron chi connectivity index (χ1n) is 8.17. The van der Waals surface area contributed by atoms with Crippen molar-refractivity contribution < 1.29 is 19.1 Å². The second-order valence-corrected chi connectivity index (χ2v) is 7.21. The summed E-state index contributed by atoms with van der Waals surface area (Å²) in [6, 6.07) is 7.34. The summed E-state index contributed by atoms with van der Waals surface area (Å²) in [5.41, 5.74) is 1.15. The summed E-state index contributed by atoms with van der Waals surface area (Å²) in [5, 5.41) is 2.81. The number of carbonyl (C=O) groups excluding carboxylic acids is 2. The van der Waals surface area contributed by atoms with Crippen molar-refractivity contribution in [3.8, 4) is 0 Å². The average Bonchev–Trinajstić information content (AvgIpc) is 3.34. The number of halogens is 1. The summed E-state index contributed by atoms with van der Waals surface area (Å²) >= 11 is 3.41. The molecule has 132 valence electrons. The SMILES string of the molecule is COC(=O)[C@H](CCOC(C)C)NC(=O)[C@@H]1C[C@@H]1c1ccc(Br)cc1. The molecule has 0 radical (unpaired) electrons. The molecule has 1 saturated carbocycles. The number of esters is 1. The standard InChI is InChI=1S/C18H24BrNO4/c1-11(2)24-9-8-16(18(22)23-3)20-17(21)15-10-14(15)12-4-6-13(19)7-5-12/h4-7,11,14-16H,8-10H2,1-3H3,(H,20,21)/t14-,15-,16+/m1/s1. The van der Waals surface area contributed by atoms with Crippen molar-refractivity contribution in [2.75, 3.05) is 13.7 Å². The van der Waals surface area contributed by atoms with Gasteiger partial charge in [0.25, 0.3) is 0 Å². The van der Waals surface area contributed by atoms with Crippen molar-refractivity contribution in [2.24, 2.45) is 5.92 Å². The normalized spacial score (nSPS) is 20.5. The van der Waals surface area contributed by atoms with Gasteiger partial charge >= 0.3 is 5.97 Å². The highest BCUT2D eigenvalue weighted by molar-refractivity contribution is 9.10. The van der Waals surface area contributed by atoms with Crippen LogP contribution in [0.3, 0.4) is 0 Å². The van der Waals surface area contributed by atoms with Gasteiger partial charge in [-0.3, -0.25) is 4.79 Å². The lowest BCUT2D eigenvalue weighted by molar-refractivity contribution is -0.146. The minimum Gasteiger partial charge on any atom is -0.467 e. The second kappa shape index (κ2) is 8.62. The Labute approximate surface area is 151 Å². The molecule has 1 aromatic carbocycles. The van der Waals surface area contributed by atoms with E-state index in [0.29, 0.717) is 13.0 Å². The summed E-state index contributed by atoms with van der Waals surface area (Å²) in [6.07, 6.45) is 1.31. The van der Waals surface area contributed by atoms with Gasteiger partial charge in [-0.15, -0.1) is 0 Å². The van der Waals surface area contributed by atoms with Crippen LogP contribution in [0.15, 0.2) is 28.7 Å². The highest BCUT2D eigenvalue weighted by Gasteiger charge is 2.44. The van der Waals surface area contributed by atoms with E-state index in [9.17, 15) is 9.59 Å². The van der Waals surface area contributed by atoms with Crippen LogP contribution in [0.2, 0.25) is 0 Å². The molecule has 0 unspecified atom stereocenters. The average molecular weight is 398 g/mol. The van der Waals surface area contributed by atoms with Crippen LogP contribution in [0.1, 0.15) is 38.2 Å². The van der Waals surface area contributed by atoms with E-state index in [0.717, 1.165) is 16.5 Å². The third-order valence-corrected chi connectivity index (χ3v) is 4.61. The molecule has 3 atom stereocenters. The van der Waals surface area contributed by atoms with Gasteiger partial charge in [-0.05, 0) is 43.9 Å². The number of amides is 1. The molecule has 0 aromatic heterocycles. The van der Waals surface area contributed by atoms with Crippen molar-refractivity contribution >= 4 is 27.8 Å². The van der Waals surface area contributed by atoms with E-state index in [1.807, 2.05) is 38.1 Å². The van der Waals surface area contributed by atoms with Crippen LogP contribution < -0.4 is 5.32 Å². The van der Waals surface area contributed by atoms with Crippen molar-refractivity contribution in [1.82, 2.24) is 5.32 Å². The molecule has 5 nitrogen and oxygen atoms in total. The van der Waals surface area contributed by atoms with Crippen molar-refractivity contribution in [1.29, 1.82) is 0 Å². The number of rotatable bonds is 8. The van der Waals surface area contributed by atoms with Gasteiger partial charge in [0, 0.05) is 23.4 Å². The molecule has 2 rings (SSSR count). The van der Waals surface area contributed by atoms with E-state index >= 15 is 0 Å². The summed E-state index contributed by atoms with van der Waals surface area (Å²) in [6.45, 7) is 4.26. The van der Waals surface area contributed by atoms with Crippen LogP contribution in [0.25, 0.3) is 0 Å². The van der Waals surface area contributed by atoms with Gasteiger partial charge in [0.15, 0.2) is 0 Å². The molecule has 0 spiro atoms. The van der Waals surface area contributed by atoms with Gasteiger partial charge in [0.2, 0.25) is 5.91 Å². The lowest BCUT2D eigenvalue weighted by atomic mass is 10.1. The van der Waals surface area contributed by atoms with E-state index in [2.05, 4.69) is 21.2 Å². The summed E-state index contributed by atoms with van der Waals surface area (Å²) < 4.78 is 11.3. The number of hydrogen-bond acceptors (Lipinski definition) is 4. The maximum Gasteiger partial charge on any atom is 0.328 e. The van der Waals surface area contributed by atoms with E-state index < -0.39 is 12.0 Å². The van der Waals surface area contributed by atoms with Crippen molar-refractivity contribution in [3.05, 3.63) is 34.3 Å². The van der Waals surface area contributed by atoms with E-state index in [4.69, 9.17) is 9.47 Å². The Hall–Kier alpha value is -1.40. The molecule has 0 bridgehead atoms. The predicted molar refractivity (Wildman–Crippen MR) is 94.6 cm³/mol. The van der Waals surface area contributed by atoms with Crippen molar-refractivity contribution in [3.63, 3.8) is 0 Å². The summed E-state index contributed by atoms with van der Waals surface area (Å²) in [7, 11) is 1.33.